The minimum Gasteiger partial charge on any atom is -0.497 e. The van der Waals surface area contributed by atoms with Gasteiger partial charge in [0.15, 0.2) is 0 Å². The number of hydrogen-bond acceptors (Lipinski definition) is 8. The summed E-state index contributed by atoms with van der Waals surface area (Å²) < 4.78 is 10.9. The summed E-state index contributed by atoms with van der Waals surface area (Å²) in [6.45, 7) is 0. The number of aliphatic imine (C=N–C) groups is 2. The summed E-state index contributed by atoms with van der Waals surface area (Å²) in [5.41, 5.74) is 12.4. The van der Waals surface area contributed by atoms with Crippen molar-refractivity contribution in [1.82, 2.24) is 0 Å². The first-order valence-corrected chi connectivity index (χ1v) is 9.17. The van der Waals surface area contributed by atoms with Gasteiger partial charge in [0.05, 0.1) is 25.5 Å². The second kappa shape index (κ2) is 7.14. The minimum absolute atomic E-state index is 0.157. The number of benzene rings is 1. The molecule has 8 nitrogen and oxygen atoms in total. The van der Waals surface area contributed by atoms with Crippen LogP contribution in [0, 0.1) is 0 Å². The Kier molecular flexibility index (Phi) is 5.08. The lowest BCUT2D eigenvalue weighted by Gasteiger charge is -2.46. The van der Waals surface area contributed by atoms with Crippen molar-refractivity contribution in [2.45, 2.75) is 37.8 Å². The Labute approximate surface area is 160 Å². The third-order valence-corrected chi connectivity index (χ3v) is 5.36. The first-order valence-electron chi connectivity index (χ1n) is 8.37. The standard InChI is InChI=1S/C17H22BrN5O3/c1-25-10-8-11(14(24)26-2)13(12(18)9-10)23-16(20)21-15(19)22-17(23)6-4-3-5-7-17/h8-9H,3-7H2,1-2H3,(H4,19,20,21,22). The quantitative estimate of drug-likeness (QED) is 0.720. The highest BCUT2D eigenvalue weighted by Crippen LogP contribution is 2.44. The van der Waals surface area contributed by atoms with Crippen molar-refractivity contribution in [3.63, 3.8) is 0 Å². The van der Waals surface area contributed by atoms with Crippen LogP contribution in [-0.2, 0) is 4.74 Å². The van der Waals surface area contributed by atoms with E-state index >= 15 is 0 Å². The zero-order chi connectivity index (χ0) is 18.9. The average molecular weight is 424 g/mol. The number of hydrogen-bond donors (Lipinski definition) is 2. The van der Waals surface area contributed by atoms with Gasteiger partial charge in [0.25, 0.3) is 0 Å². The van der Waals surface area contributed by atoms with Gasteiger partial charge in [-0.15, -0.1) is 0 Å². The molecule has 1 spiro atoms. The number of esters is 1. The monoisotopic (exact) mass is 423 g/mol. The van der Waals surface area contributed by atoms with E-state index < -0.39 is 11.6 Å². The average Bonchev–Trinajstić information content (AvgIpc) is 2.62. The number of anilines is 1. The van der Waals surface area contributed by atoms with Crippen LogP contribution in [0.25, 0.3) is 0 Å². The Bertz CT molecular complexity index is 787. The first kappa shape index (κ1) is 18.5. The predicted octanol–water partition coefficient (Wildman–Crippen LogP) is 2.35. The first-order chi connectivity index (χ1) is 12.4. The van der Waals surface area contributed by atoms with Crippen molar-refractivity contribution in [2.24, 2.45) is 21.5 Å². The molecule has 1 aromatic carbocycles. The molecule has 0 aromatic heterocycles. The molecule has 0 bridgehead atoms. The Balaban J connectivity index is 2.23. The molecule has 0 atom stereocenters. The Morgan fingerprint density at radius 1 is 1.23 bits per heavy atom. The zero-order valence-corrected chi connectivity index (χ0v) is 16.4. The normalized spacial score (nSPS) is 19.0. The number of nitrogens with two attached hydrogens (primary N) is 2. The molecule has 0 saturated heterocycles. The molecule has 1 heterocycles. The topological polar surface area (TPSA) is 116 Å². The summed E-state index contributed by atoms with van der Waals surface area (Å²) in [5, 5.41) is 0. The van der Waals surface area contributed by atoms with Gasteiger partial charge in [0, 0.05) is 4.47 Å². The summed E-state index contributed by atoms with van der Waals surface area (Å²) in [6, 6.07) is 3.39. The van der Waals surface area contributed by atoms with Crippen molar-refractivity contribution in [3.05, 3.63) is 22.2 Å². The van der Waals surface area contributed by atoms with Crippen molar-refractivity contribution < 1.29 is 14.3 Å². The molecule has 140 valence electrons. The molecule has 0 radical (unpaired) electrons. The highest BCUT2D eigenvalue weighted by molar-refractivity contribution is 9.10. The zero-order valence-electron chi connectivity index (χ0n) is 14.8. The molecule has 26 heavy (non-hydrogen) atoms. The molecule has 2 aliphatic rings. The van der Waals surface area contributed by atoms with Crippen LogP contribution in [0.2, 0.25) is 0 Å². The van der Waals surface area contributed by atoms with E-state index in [1.54, 1.807) is 17.0 Å². The van der Waals surface area contributed by atoms with Gasteiger partial charge in [-0.05, 0) is 53.7 Å². The van der Waals surface area contributed by atoms with Crippen molar-refractivity contribution in [3.8, 4) is 5.75 Å². The summed E-state index contributed by atoms with van der Waals surface area (Å²) in [5.74, 6) is 0.385. The minimum atomic E-state index is -0.659. The summed E-state index contributed by atoms with van der Waals surface area (Å²) in [7, 11) is 2.87. The number of ether oxygens (including phenoxy) is 2. The van der Waals surface area contributed by atoms with Gasteiger partial charge in [-0.2, -0.15) is 4.99 Å². The van der Waals surface area contributed by atoms with Gasteiger partial charge < -0.3 is 20.9 Å². The van der Waals surface area contributed by atoms with E-state index in [2.05, 4.69) is 25.9 Å². The highest BCUT2D eigenvalue weighted by atomic mass is 79.9. The molecule has 1 aliphatic heterocycles. The largest absolute Gasteiger partial charge is 0.497 e. The molecule has 0 amide bonds. The van der Waals surface area contributed by atoms with Crippen LogP contribution >= 0.6 is 15.9 Å². The van der Waals surface area contributed by atoms with E-state index in [1.807, 2.05) is 0 Å². The van der Waals surface area contributed by atoms with E-state index in [4.69, 9.17) is 20.9 Å². The van der Waals surface area contributed by atoms with Crippen LogP contribution in [0.4, 0.5) is 5.69 Å². The lowest BCUT2D eigenvalue weighted by atomic mass is 9.87. The number of methoxy groups -OCH3 is 2. The lowest BCUT2D eigenvalue weighted by Crippen LogP contribution is -2.58. The van der Waals surface area contributed by atoms with E-state index in [1.165, 1.54) is 14.2 Å². The van der Waals surface area contributed by atoms with Crippen LogP contribution in [0.1, 0.15) is 42.5 Å². The van der Waals surface area contributed by atoms with Crippen LogP contribution < -0.4 is 21.1 Å². The second-order valence-electron chi connectivity index (χ2n) is 6.32. The van der Waals surface area contributed by atoms with Gasteiger partial charge >= 0.3 is 5.97 Å². The fraction of sp³-hybridized carbons (Fsp3) is 0.471. The molecular formula is C17H22BrN5O3. The third-order valence-electron chi connectivity index (χ3n) is 4.75. The van der Waals surface area contributed by atoms with Crippen molar-refractivity contribution >= 4 is 39.5 Å². The molecule has 3 rings (SSSR count). The maximum Gasteiger partial charge on any atom is 0.340 e. The fourth-order valence-corrected chi connectivity index (χ4v) is 4.25. The molecule has 9 heteroatoms. The molecule has 4 N–H and O–H groups in total. The number of carbonyl (C=O) groups is 1. The predicted molar refractivity (Wildman–Crippen MR) is 104 cm³/mol. The van der Waals surface area contributed by atoms with Gasteiger partial charge in [-0.3, -0.25) is 4.90 Å². The van der Waals surface area contributed by atoms with E-state index in [0.717, 1.165) is 32.1 Å². The molecule has 0 unspecified atom stereocenters. The van der Waals surface area contributed by atoms with Gasteiger partial charge in [-0.25, -0.2) is 9.79 Å². The third kappa shape index (κ3) is 3.11. The number of halogens is 1. The van der Waals surface area contributed by atoms with Gasteiger partial charge in [0.1, 0.15) is 11.4 Å². The Morgan fingerprint density at radius 3 is 2.54 bits per heavy atom. The number of carbonyl (C=O) groups excluding carboxylic acids is 1. The second-order valence-corrected chi connectivity index (χ2v) is 7.17. The number of rotatable bonds is 3. The molecule has 1 fully saturated rings. The van der Waals surface area contributed by atoms with Crippen molar-refractivity contribution in [2.75, 3.05) is 19.1 Å². The maximum absolute atomic E-state index is 12.5. The Hall–Kier alpha value is -2.29. The van der Waals surface area contributed by atoms with Gasteiger partial charge in [-0.1, -0.05) is 6.42 Å². The summed E-state index contributed by atoms with van der Waals surface area (Å²) in [6.07, 6.45) is 4.63. The van der Waals surface area contributed by atoms with Crippen LogP contribution in [0.5, 0.6) is 5.75 Å². The molecule has 1 aromatic rings. The number of nitrogens with zero attached hydrogens (tertiary/aromatic N) is 3. The van der Waals surface area contributed by atoms with E-state index in [-0.39, 0.29) is 11.9 Å². The van der Waals surface area contributed by atoms with Crippen LogP contribution in [-0.4, -0.2) is 37.8 Å². The highest BCUT2D eigenvalue weighted by Gasteiger charge is 2.44. The van der Waals surface area contributed by atoms with Crippen LogP contribution in [0.15, 0.2) is 26.6 Å². The van der Waals surface area contributed by atoms with Gasteiger partial charge in [0.2, 0.25) is 11.9 Å². The smallest absolute Gasteiger partial charge is 0.340 e. The van der Waals surface area contributed by atoms with E-state index in [9.17, 15) is 4.79 Å². The lowest BCUT2D eigenvalue weighted by molar-refractivity contribution is 0.0601. The number of guanidine groups is 2. The van der Waals surface area contributed by atoms with Crippen molar-refractivity contribution in [1.29, 1.82) is 0 Å². The fourth-order valence-electron chi connectivity index (χ4n) is 3.63. The van der Waals surface area contributed by atoms with Crippen LogP contribution in [0.3, 0.4) is 0 Å². The van der Waals surface area contributed by atoms with E-state index in [0.29, 0.717) is 21.5 Å². The Morgan fingerprint density at radius 2 is 1.92 bits per heavy atom. The molecule has 1 aliphatic carbocycles. The molecular weight excluding hydrogens is 402 g/mol. The maximum atomic E-state index is 12.5. The summed E-state index contributed by atoms with van der Waals surface area (Å²) >= 11 is 3.54. The SMILES string of the molecule is COC(=O)c1cc(OC)cc(Br)c1N1C(N)=NC(N)=NC12CCCCC2. The summed E-state index contributed by atoms with van der Waals surface area (Å²) in [4.78, 5) is 23.1. The molecule has 1 saturated carbocycles.